The number of carbonyl (C=O) groups is 1. The van der Waals surface area contributed by atoms with E-state index in [-0.39, 0.29) is 12.5 Å². The minimum atomic E-state index is -3.74. The number of sulfonamides is 1. The molecule has 6 nitrogen and oxygen atoms in total. The van der Waals surface area contributed by atoms with Gasteiger partial charge in [0.15, 0.2) is 0 Å². The van der Waals surface area contributed by atoms with Gasteiger partial charge in [-0.25, -0.2) is 8.42 Å². The van der Waals surface area contributed by atoms with Crippen molar-refractivity contribution in [2.24, 2.45) is 0 Å². The number of methoxy groups -OCH3 is 1. The third-order valence-electron chi connectivity index (χ3n) is 4.90. The van der Waals surface area contributed by atoms with E-state index in [0.717, 1.165) is 27.8 Å². The molecular formula is C20H26N2O4S. The molecule has 0 aliphatic rings. The van der Waals surface area contributed by atoms with Crippen LogP contribution in [0.4, 0.5) is 11.4 Å². The Morgan fingerprint density at radius 3 is 1.78 bits per heavy atom. The maximum Gasteiger partial charge on any atom is 0.262 e. The van der Waals surface area contributed by atoms with Gasteiger partial charge in [-0.3, -0.25) is 9.52 Å². The number of anilines is 2. The average molecular weight is 391 g/mol. The van der Waals surface area contributed by atoms with Crippen molar-refractivity contribution in [2.75, 3.05) is 23.8 Å². The fourth-order valence-electron chi connectivity index (χ4n) is 3.02. The summed E-state index contributed by atoms with van der Waals surface area (Å²) in [7, 11) is -2.30. The highest BCUT2D eigenvalue weighted by Crippen LogP contribution is 2.30. The molecule has 0 aliphatic carbocycles. The number of hydrogen-bond acceptors (Lipinski definition) is 4. The third kappa shape index (κ3) is 4.48. The SMILES string of the molecule is COCC(=O)Nc1ccc(NS(=O)(=O)c2c(C)c(C)c(C)c(C)c2C)cc1. The van der Waals surface area contributed by atoms with E-state index >= 15 is 0 Å². The van der Waals surface area contributed by atoms with Crippen LogP contribution in [0.2, 0.25) is 0 Å². The Morgan fingerprint density at radius 1 is 0.852 bits per heavy atom. The molecular weight excluding hydrogens is 364 g/mol. The Morgan fingerprint density at radius 2 is 1.30 bits per heavy atom. The van der Waals surface area contributed by atoms with Crippen LogP contribution in [-0.2, 0) is 19.6 Å². The molecule has 1 amide bonds. The van der Waals surface area contributed by atoms with Gasteiger partial charge in [0.1, 0.15) is 6.61 Å². The molecule has 0 aliphatic heterocycles. The zero-order valence-corrected chi connectivity index (χ0v) is 17.4. The number of carbonyl (C=O) groups excluding carboxylic acids is 1. The number of amides is 1. The quantitative estimate of drug-likeness (QED) is 0.789. The summed E-state index contributed by atoms with van der Waals surface area (Å²) in [5.41, 5.74) is 5.58. The molecule has 2 aromatic carbocycles. The van der Waals surface area contributed by atoms with E-state index in [0.29, 0.717) is 16.3 Å². The van der Waals surface area contributed by atoms with Crippen molar-refractivity contribution in [1.29, 1.82) is 0 Å². The predicted molar refractivity (Wildman–Crippen MR) is 108 cm³/mol. The number of benzene rings is 2. The number of nitrogens with one attached hydrogen (secondary N) is 2. The molecule has 27 heavy (non-hydrogen) atoms. The van der Waals surface area contributed by atoms with Gasteiger partial charge in [0.05, 0.1) is 4.90 Å². The van der Waals surface area contributed by atoms with Crippen molar-refractivity contribution in [3.63, 3.8) is 0 Å². The fraction of sp³-hybridized carbons (Fsp3) is 0.350. The monoisotopic (exact) mass is 390 g/mol. The second kappa shape index (κ2) is 8.10. The first kappa shape index (κ1) is 20.9. The molecule has 0 atom stereocenters. The maximum absolute atomic E-state index is 13.0. The molecule has 0 fully saturated rings. The van der Waals surface area contributed by atoms with Crippen molar-refractivity contribution in [3.8, 4) is 0 Å². The fourth-order valence-corrected chi connectivity index (χ4v) is 4.69. The summed E-state index contributed by atoms with van der Waals surface area (Å²) in [5, 5.41) is 2.66. The number of ether oxygens (including phenoxy) is 1. The van der Waals surface area contributed by atoms with Crippen LogP contribution < -0.4 is 10.0 Å². The molecule has 146 valence electrons. The van der Waals surface area contributed by atoms with E-state index in [1.807, 2.05) is 34.6 Å². The molecule has 2 rings (SSSR count). The summed E-state index contributed by atoms with van der Waals surface area (Å²) in [6, 6.07) is 6.49. The second-order valence-corrected chi connectivity index (χ2v) is 8.24. The summed E-state index contributed by atoms with van der Waals surface area (Å²) < 4.78 is 33.4. The molecule has 0 unspecified atom stereocenters. The standard InChI is InChI=1S/C20H26N2O4S/c1-12-13(2)15(4)20(16(5)14(12)3)27(24,25)22-18-9-7-17(8-10-18)21-19(23)11-26-6/h7-10,22H,11H2,1-6H3,(H,21,23). The summed E-state index contributed by atoms with van der Waals surface area (Å²) in [6.45, 7) is 9.50. The van der Waals surface area contributed by atoms with Gasteiger partial charge in [-0.1, -0.05) is 0 Å². The molecule has 2 N–H and O–H groups in total. The summed E-state index contributed by atoms with van der Waals surface area (Å²) >= 11 is 0. The molecule has 0 saturated carbocycles. The first-order valence-electron chi connectivity index (χ1n) is 8.57. The van der Waals surface area contributed by atoms with E-state index in [9.17, 15) is 13.2 Å². The smallest absolute Gasteiger partial charge is 0.262 e. The first-order valence-corrected chi connectivity index (χ1v) is 10.1. The van der Waals surface area contributed by atoms with Crippen molar-refractivity contribution >= 4 is 27.3 Å². The molecule has 7 heteroatoms. The molecule has 0 aromatic heterocycles. The van der Waals surface area contributed by atoms with Crippen LogP contribution in [0.3, 0.4) is 0 Å². The minimum absolute atomic E-state index is 0.0426. The van der Waals surface area contributed by atoms with E-state index in [2.05, 4.69) is 10.0 Å². The third-order valence-corrected chi connectivity index (χ3v) is 6.55. The van der Waals surface area contributed by atoms with E-state index in [1.54, 1.807) is 24.3 Å². The summed E-state index contributed by atoms with van der Waals surface area (Å²) in [5.74, 6) is -0.275. The Labute approximate surface area is 161 Å². The number of rotatable bonds is 6. The molecule has 2 aromatic rings. The zero-order valence-electron chi connectivity index (χ0n) is 16.6. The lowest BCUT2D eigenvalue weighted by atomic mass is 9.95. The zero-order chi connectivity index (χ0) is 20.4. The largest absolute Gasteiger partial charge is 0.375 e. The van der Waals surface area contributed by atoms with Crippen LogP contribution in [0, 0.1) is 34.6 Å². The van der Waals surface area contributed by atoms with Gasteiger partial charge < -0.3 is 10.1 Å². The molecule has 0 radical (unpaired) electrons. The maximum atomic E-state index is 13.0. The van der Waals surface area contributed by atoms with Gasteiger partial charge in [0.2, 0.25) is 5.91 Å². The van der Waals surface area contributed by atoms with Crippen LogP contribution in [0.25, 0.3) is 0 Å². The second-order valence-electron chi connectivity index (χ2n) is 6.62. The van der Waals surface area contributed by atoms with Crippen molar-refractivity contribution < 1.29 is 17.9 Å². The number of hydrogen-bond donors (Lipinski definition) is 2. The van der Waals surface area contributed by atoms with Crippen LogP contribution in [0.15, 0.2) is 29.2 Å². The lowest BCUT2D eigenvalue weighted by molar-refractivity contribution is -0.119. The van der Waals surface area contributed by atoms with Gasteiger partial charge in [-0.15, -0.1) is 0 Å². The van der Waals surface area contributed by atoms with E-state index in [4.69, 9.17) is 4.74 Å². The van der Waals surface area contributed by atoms with Gasteiger partial charge >= 0.3 is 0 Å². The molecule has 0 bridgehead atoms. The summed E-state index contributed by atoms with van der Waals surface area (Å²) in [4.78, 5) is 11.8. The topological polar surface area (TPSA) is 84.5 Å². The van der Waals surface area contributed by atoms with Crippen molar-refractivity contribution in [1.82, 2.24) is 0 Å². The lowest BCUT2D eigenvalue weighted by Gasteiger charge is -2.19. The molecule has 0 heterocycles. The lowest BCUT2D eigenvalue weighted by Crippen LogP contribution is -2.18. The molecule has 0 saturated heterocycles. The van der Waals surface area contributed by atoms with Crippen LogP contribution >= 0.6 is 0 Å². The Balaban J connectivity index is 2.31. The van der Waals surface area contributed by atoms with Crippen LogP contribution in [-0.4, -0.2) is 28.0 Å². The van der Waals surface area contributed by atoms with Gasteiger partial charge in [-0.2, -0.15) is 0 Å². The highest BCUT2D eigenvalue weighted by atomic mass is 32.2. The first-order chi connectivity index (χ1) is 12.6. The van der Waals surface area contributed by atoms with Gasteiger partial charge in [-0.05, 0) is 86.7 Å². The van der Waals surface area contributed by atoms with Crippen LogP contribution in [0.5, 0.6) is 0 Å². The van der Waals surface area contributed by atoms with Gasteiger partial charge in [0, 0.05) is 18.5 Å². The minimum Gasteiger partial charge on any atom is -0.375 e. The normalized spacial score (nSPS) is 11.3. The van der Waals surface area contributed by atoms with Crippen molar-refractivity contribution in [2.45, 2.75) is 39.5 Å². The van der Waals surface area contributed by atoms with Crippen molar-refractivity contribution in [3.05, 3.63) is 52.1 Å². The predicted octanol–water partition coefficient (Wildman–Crippen LogP) is 3.61. The van der Waals surface area contributed by atoms with E-state index in [1.165, 1.54) is 7.11 Å². The van der Waals surface area contributed by atoms with Crippen LogP contribution in [0.1, 0.15) is 27.8 Å². The highest BCUT2D eigenvalue weighted by Gasteiger charge is 2.23. The summed E-state index contributed by atoms with van der Waals surface area (Å²) in [6.07, 6.45) is 0. The van der Waals surface area contributed by atoms with Gasteiger partial charge in [0.25, 0.3) is 10.0 Å². The Bertz CT molecular complexity index is 935. The average Bonchev–Trinajstić information content (AvgIpc) is 2.60. The van der Waals surface area contributed by atoms with E-state index < -0.39 is 10.0 Å². The Kier molecular flexibility index (Phi) is 6.28. The highest BCUT2D eigenvalue weighted by molar-refractivity contribution is 7.92. The molecule has 0 spiro atoms. The Hall–Kier alpha value is -2.38.